The van der Waals surface area contributed by atoms with E-state index in [-0.39, 0.29) is 5.91 Å². The summed E-state index contributed by atoms with van der Waals surface area (Å²) in [4.78, 5) is 14.6. The van der Waals surface area contributed by atoms with Gasteiger partial charge in [-0.2, -0.15) is 0 Å². The molecule has 1 saturated heterocycles. The van der Waals surface area contributed by atoms with Crippen molar-refractivity contribution in [2.24, 2.45) is 11.8 Å². The highest BCUT2D eigenvalue weighted by atomic mass is 35.5. The van der Waals surface area contributed by atoms with Crippen molar-refractivity contribution in [2.45, 2.75) is 32.1 Å². The Labute approximate surface area is 154 Å². The van der Waals surface area contributed by atoms with Crippen molar-refractivity contribution in [3.05, 3.63) is 28.8 Å². The fourth-order valence-electron chi connectivity index (χ4n) is 4.11. The second kappa shape index (κ2) is 8.13. The molecular weight excluding hydrogens is 338 g/mol. The van der Waals surface area contributed by atoms with Crippen molar-refractivity contribution in [3.8, 4) is 11.5 Å². The van der Waals surface area contributed by atoms with Crippen LogP contribution < -0.4 is 9.47 Å². The standard InChI is InChI=1S/C20H26ClNO3/c1-24-18-12-14(11-17(21)20(18)25-2)7-8-19(23)22-10-9-15-5-3-4-6-16(15)13-22/h7-8,11-12,15-16H,3-6,9-10,13H2,1-2H3/b8-7+/t15-,16-/m0/s1. The number of ether oxygens (including phenoxy) is 2. The fraction of sp³-hybridized carbons (Fsp3) is 0.550. The van der Waals surface area contributed by atoms with Gasteiger partial charge in [-0.1, -0.05) is 30.9 Å². The van der Waals surface area contributed by atoms with Gasteiger partial charge in [-0.25, -0.2) is 0 Å². The Kier molecular flexibility index (Phi) is 5.89. The van der Waals surface area contributed by atoms with E-state index in [0.717, 1.165) is 31.0 Å². The van der Waals surface area contributed by atoms with Crippen LogP contribution in [-0.4, -0.2) is 38.1 Å². The van der Waals surface area contributed by atoms with Crippen molar-refractivity contribution >= 4 is 23.6 Å². The number of nitrogens with zero attached hydrogens (tertiary/aromatic N) is 1. The van der Waals surface area contributed by atoms with E-state index in [1.165, 1.54) is 25.7 Å². The molecule has 1 heterocycles. The first-order chi connectivity index (χ1) is 12.1. The highest BCUT2D eigenvalue weighted by Gasteiger charge is 2.32. The van der Waals surface area contributed by atoms with Crippen LogP contribution in [0.1, 0.15) is 37.7 Å². The molecule has 2 aliphatic rings. The molecule has 0 radical (unpaired) electrons. The van der Waals surface area contributed by atoms with E-state index < -0.39 is 0 Å². The Balaban J connectivity index is 1.67. The summed E-state index contributed by atoms with van der Waals surface area (Å²) < 4.78 is 10.5. The number of likely N-dealkylation sites (tertiary alicyclic amines) is 1. The summed E-state index contributed by atoms with van der Waals surface area (Å²) in [6.45, 7) is 1.78. The Morgan fingerprint density at radius 1 is 1.16 bits per heavy atom. The Hall–Kier alpha value is -1.68. The third-order valence-corrected chi connectivity index (χ3v) is 5.76. The van der Waals surface area contributed by atoms with Gasteiger partial charge in [0.1, 0.15) is 0 Å². The number of carbonyl (C=O) groups is 1. The average Bonchev–Trinajstić information content (AvgIpc) is 2.65. The summed E-state index contributed by atoms with van der Waals surface area (Å²) in [5.41, 5.74) is 0.823. The highest BCUT2D eigenvalue weighted by Crippen LogP contribution is 2.37. The molecule has 1 aliphatic carbocycles. The van der Waals surface area contributed by atoms with Gasteiger partial charge in [0, 0.05) is 19.2 Å². The molecule has 0 N–H and O–H groups in total. The predicted octanol–water partition coefficient (Wildman–Crippen LogP) is 4.41. The van der Waals surface area contributed by atoms with E-state index >= 15 is 0 Å². The molecule has 25 heavy (non-hydrogen) atoms. The first-order valence-electron chi connectivity index (χ1n) is 9.01. The summed E-state index contributed by atoms with van der Waals surface area (Å²) >= 11 is 6.22. The van der Waals surface area contributed by atoms with E-state index in [2.05, 4.69) is 0 Å². The number of methoxy groups -OCH3 is 2. The summed E-state index contributed by atoms with van der Waals surface area (Å²) in [6, 6.07) is 3.60. The lowest BCUT2D eigenvalue weighted by atomic mass is 9.75. The number of hydrogen-bond donors (Lipinski definition) is 0. The van der Waals surface area contributed by atoms with Crippen molar-refractivity contribution in [1.82, 2.24) is 4.90 Å². The van der Waals surface area contributed by atoms with Gasteiger partial charge in [0.05, 0.1) is 19.2 Å². The molecule has 2 atom stereocenters. The monoisotopic (exact) mass is 363 g/mol. The second-order valence-corrected chi connectivity index (χ2v) is 7.36. The summed E-state index contributed by atoms with van der Waals surface area (Å²) in [7, 11) is 3.12. The quantitative estimate of drug-likeness (QED) is 0.744. The number of piperidine rings is 1. The lowest BCUT2D eigenvalue weighted by Gasteiger charge is -2.41. The van der Waals surface area contributed by atoms with Crippen LogP contribution in [0.3, 0.4) is 0 Å². The minimum Gasteiger partial charge on any atom is -0.493 e. The maximum absolute atomic E-state index is 12.6. The molecule has 0 bridgehead atoms. The molecule has 4 nitrogen and oxygen atoms in total. The van der Waals surface area contributed by atoms with Crippen molar-refractivity contribution in [1.29, 1.82) is 0 Å². The molecule has 0 aromatic heterocycles. The third kappa shape index (κ3) is 4.12. The SMILES string of the molecule is COc1cc(/C=C/C(=O)N2CC[C@@H]3CCCC[C@H]3C2)cc(Cl)c1OC. The molecule has 1 aliphatic heterocycles. The number of benzene rings is 1. The van der Waals surface area contributed by atoms with Crippen molar-refractivity contribution in [3.63, 3.8) is 0 Å². The zero-order valence-corrected chi connectivity index (χ0v) is 15.7. The van der Waals surface area contributed by atoms with Crippen LogP contribution in [0, 0.1) is 11.8 Å². The van der Waals surface area contributed by atoms with Crippen LogP contribution in [0.15, 0.2) is 18.2 Å². The van der Waals surface area contributed by atoms with Gasteiger partial charge in [-0.15, -0.1) is 0 Å². The number of carbonyl (C=O) groups excluding carboxylic acids is 1. The molecule has 1 saturated carbocycles. The Morgan fingerprint density at radius 3 is 2.64 bits per heavy atom. The molecule has 0 spiro atoms. The van der Waals surface area contributed by atoms with Crippen molar-refractivity contribution < 1.29 is 14.3 Å². The minimum atomic E-state index is 0.0786. The maximum atomic E-state index is 12.6. The van der Waals surface area contributed by atoms with E-state index in [0.29, 0.717) is 22.4 Å². The molecule has 5 heteroatoms. The van der Waals surface area contributed by atoms with Crippen LogP contribution in [0.5, 0.6) is 11.5 Å². The first-order valence-corrected chi connectivity index (χ1v) is 9.38. The van der Waals surface area contributed by atoms with E-state index in [1.54, 1.807) is 32.4 Å². The van der Waals surface area contributed by atoms with Crippen LogP contribution in [0.2, 0.25) is 5.02 Å². The predicted molar refractivity (Wildman–Crippen MR) is 100 cm³/mol. The molecule has 3 rings (SSSR count). The highest BCUT2D eigenvalue weighted by molar-refractivity contribution is 6.32. The molecule has 136 valence electrons. The first kappa shape index (κ1) is 18.1. The van der Waals surface area contributed by atoms with Gasteiger partial charge in [0.15, 0.2) is 11.5 Å². The smallest absolute Gasteiger partial charge is 0.246 e. The maximum Gasteiger partial charge on any atom is 0.246 e. The lowest BCUT2D eigenvalue weighted by molar-refractivity contribution is -0.128. The third-order valence-electron chi connectivity index (χ3n) is 5.48. The van der Waals surface area contributed by atoms with Gasteiger partial charge in [-0.3, -0.25) is 4.79 Å². The lowest BCUT2D eigenvalue weighted by Crippen LogP contribution is -2.44. The molecule has 1 aromatic carbocycles. The normalized spacial score (nSPS) is 23.4. The molecule has 2 fully saturated rings. The van der Waals surface area contributed by atoms with Gasteiger partial charge in [0.2, 0.25) is 5.91 Å². The molecule has 1 amide bonds. The average molecular weight is 364 g/mol. The van der Waals surface area contributed by atoms with E-state index in [9.17, 15) is 4.79 Å². The molecule has 1 aromatic rings. The van der Waals surface area contributed by atoms with Gasteiger partial charge >= 0.3 is 0 Å². The zero-order valence-electron chi connectivity index (χ0n) is 15.0. The second-order valence-electron chi connectivity index (χ2n) is 6.95. The molecular formula is C20H26ClNO3. The molecule has 0 unspecified atom stereocenters. The number of amides is 1. The number of halogens is 1. The van der Waals surface area contributed by atoms with Gasteiger partial charge in [-0.05, 0) is 48.4 Å². The summed E-state index contributed by atoms with van der Waals surface area (Å²) in [6.07, 6.45) is 9.85. The fourth-order valence-corrected chi connectivity index (χ4v) is 4.40. The van der Waals surface area contributed by atoms with Crippen LogP contribution >= 0.6 is 11.6 Å². The summed E-state index contributed by atoms with van der Waals surface area (Å²) in [5.74, 6) is 2.66. The number of rotatable bonds is 4. The Bertz CT molecular complexity index is 659. The number of fused-ring (bicyclic) bond motifs is 1. The number of hydrogen-bond acceptors (Lipinski definition) is 3. The van der Waals surface area contributed by atoms with Crippen LogP contribution in [-0.2, 0) is 4.79 Å². The topological polar surface area (TPSA) is 38.8 Å². The van der Waals surface area contributed by atoms with Crippen LogP contribution in [0.4, 0.5) is 0 Å². The Morgan fingerprint density at radius 2 is 1.92 bits per heavy atom. The largest absolute Gasteiger partial charge is 0.493 e. The van der Waals surface area contributed by atoms with Crippen molar-refractivity contribution in [2.75, 3.05) is 27.3 Å². The van der Waals surface area contributed by atoms with E-state index in [1.807, 2.05) is 11.0 Å². The van der Waals surface area contributed by atoms with E-state index in [4.69, 9.17) is 21.1 Å². The summed E-state index contributed by atoms with van der Waals surface area (Å²) in [5, 5.41) is 0.469. The zero-order chi connectivity index (χ0) is 17.8. The van der Waals surface area contributed by atoms with Gasteiger partial charge in [0.25, 0.3) is 0 Å². The van der Waals surface area contributed by atoms with Crippen LogP contribution in [0.25, 0.3) is 6.08 Å². The minimum absolute atomic E-state index is 0.0786. The van der Waals surface area contributed by atoms with Gasteiger partial charge < -0.3 is 14.4 Å².